The fourth-order valence-electron chi connectivity index (χ4n) is 2.20. The van der Waals surface area contributed by atoms with E-state index in [4.69, 9.17) is 21.1 Å². The number of benzene rings is 1. The Morgan fingerprint density at radius 2 is 2.24 bits per heavy atom. The van der Waals surface area contributed by atoms with E-state index in [-0.39, 0.29) is 29.0 Å². The molecule has 3 atom stereocenters. The summed E-state index contributed by atoms with van der Waals surface area (Å²) < 4.78 is 25.0. The molecule has 1 aromatic carbocycles. The number of halogens is 2. The molecule has 1 aliphatic rings. The third-order valence-corrected chi connectivity index (χ3v) is 3.85. The zero-order valence-corrected chi connectivity index (χ0v) is 12.6. The number of nitrogens with zero attached hydrogens (tertiary/aromatic N) is 1. The number of nitro groups is 1. The minimum atomic E-state index is -0.750. The van der Waals surface area contributed by atoms with E-state index in [0.717, 1.165) is 12.5 Å². The van der Waals surface area contributed by atoms with Crippen molar-refractivity contribution in [3.05, 3.63) is 33.6 Å². The highest BCUT2D eigenvalue weighted by Gasteiger charge is 2.43. The van der Waals surface area contributed by atoms with E-state index in [1.165, 1.54) is 6.07 Å². The molecule has 1 fully saturated rings. The second-order valence-corrected chi connectivity index (χ2v) is 5.63. The highest BCUT2D eigenvalue weighted by atomic mass is 35.5. The number of rotatable bonds is 6. The number of hydrogen-bond acceptors (Lipinski definition) is 4. The average molecular weight is 318 g/mol. The maximum Gasteiger partial charge on any atom is 0.275 e. The zero-order valence-electron chi connectivity index (χ0n) is 11.8. The van der Waals surface area contributed by atoms with Crippen LogP contribution >= 0.6 is 11.6 Å². The van der Waals surface area contributed by atoms with Crippen molar-refractivity contribution in [1.82, 2.24) is 0 Å². The van der Waals surface area contributed by atoms with Crippen LogP contribution in [0.3, 0.4) is 0 Å². The maximum absolute atomic E-state index is 13.9. The lowest BCUT2D eigenvalue weighted by Gasteiger charge is -2.40. The second-order valence-electron chi connectivity index (χ2n) is 5.07. The third kappa shape index (κ3) is 3.44. The van der Waals surface area contributed by atoms with Crippen LogP contribution in [0, 0.1) is 22.9 Å². The molecule has 0 saturated heterocycles. The molecule has 0 bridgehead atoms. The Labute approximate surface area is 127 Å². The van der Waals surface area contributed by atoms with Crippen molar-refractivity contribution in [2.75, 3.05) is 6.61 Å². The van der Waals surface area contributed by atoms with Crippen LogP contribution in [0.15, 0.2) is 12.1 Å². The van der Waals surface area contributed by atoms with Crippen LogP contribution in [-0.4, -0.2) is 29.1 Å². The molecule has 1 saturated carbocycles. The van der Waals surface area contributed by atoms with Gasteiger partial charge in [-0.2, -0.15) is 0 Å². The van der Waals surface area contributed by atoms with Crippen molar-refractivity contribution in [2.45, 2.75) is 44.3 Å². The molecule has 5 nitrogen and oxygen atoms in total. The Kier molecular flexibility index (Phi) is 5.00. The van der Waals surface area contributed by atoms with E-state index in [1.807, 2.05) is 6.92 Å². The summed E-state index contributed by atoms with van der Waals surface area (Å²) in [5.41, 5.74) is 0.0895. The van der Waals surface area contributed by atoms with Gasteiger partial charge in [-0.15, -0.1) is 11.6 Å². The predicted molar refractivity (Wildman–Crippen MR) is 76.5 cm³/mol. The first kappa shape index (κ1) is 16.0. The molecule has 21 heavy (non-hydrogen) atoms. The number of nitro benzene ring substituents is 1. The van der Waals surface area contributed by atoms with Crippen LogP contribution in [0.5, 0.6) is 5.75 Å². The third-order valence-electron chi connectivity index (χ3n) is 3.42. The molecule has 0 radical (unpaired) electrons. The van der Waals surface area contributed by atoms with Crippen LogP contribution in [-0.2, 0) is 4.74 Å². The topological polar surface area (TPSA) is 61.6 Å². The van der Waals surface area contributed by atoms with Gasteiger partial charge < -0.3 is 9.47 Å². The second kappa shape index (κ2) is 6.58. The number of alkyl halides is 1. The smallest absolute Gasteiger partial charge is 0.275 e. The van der Waals surface area contributed by atoms with Crippen molar-refractivity contribution >= 4 is 17.3 Å². The predicted octanol–water partition coefficient (Wildman–Crippen LogP) is 3.60. The van der Waals surface area contributed by atoms with Crippen molar-refractivity contribution < 1.29 is 18.8 Å². The van der Waals surface area contributed by atoms with E-state index in [0.29, 0.717) is 18.6 Å². The number of ether oxygens (including phenoxy) is 2. The Hall–Kier alpha value is -1.40. The lowest BCUT2D eigenvalue weighted by molar-refractivity contribution is -0.385. The van der Waals surface area contributed by atoms with Crippen molar-refractivity contribution in [1.29, 1.82) is 0 Å². The van der Waals surface area contributed by atoms with Crippen molar-refractivity contribution in [3.8, 4) is 5.75 Å². The molecule has 0 aliphatic heterocycles. The van der Waals surface area contributed by atoms with E-state index < -0.39 is 10.7 Å². The first-order valence-corrected chi connectivity index (χ1v) is 7.24. The van der Waals surface area contributed by atoms with Crippen LogP contribution in [0.25, 0.3) is 0 Å². The standard InChI is InChI=1S/C14H17ClFNO4/c1-3-4-20-14-9(15)6-13(14)21-12-5-8(2)11(17(18)19)7-10(12)16/h5,7,9,13-14H,3-4,6H2,1-2H3. The summed E-state index contributed by atoms with van der Waals surface area (Å²) in [6.45, 7) is 4.09. The molecule has 0 heterocycles. The molecule has 7 heteroatoms. The van der Waals surface area contributed by atoms with E-state index in [1.54, 1.807) is 6.92 Å². The van der Waals surface area contributed by atoms with Gasteiger partial charge in [0, 0.05) is 18.6 Å². The zero-order chi connectivity index (χ0) is 15.6. The Morgan fingerprint density at radius 3 is 2.81 bits per heavy atom. The van der Waals surface area contributed by atoms with E-state index >= 15 is 0 Å². The minimum Gasteiger partial charge on any atom is -0.485 e. The molecule has 2 rings (SSSR count). The summed E-state index contributed by atoms with van der Waals surface area (Å²) in [6.07, 6.45) is 0.819. The molecular weight excluding hydrogens is 301 g/mol. The molecule has 0 N–H and O–H groups in total. The monoisotopic (exact) mass is 317 g/mol. The summed E-state index contributed by atoms with van der Waals surface area (Å²) in [5.74, 6) is -0.753. The quantitative estimate of drug-likeness (QED) is 0.457. The summed E-state index contributed by atoms with van der Waals surface area (Å²) in [6, 6.07) is 2.22. The van der Waals surface area contributed by atoms with Gasteiger partial charge in [-0.05, 0) is 19.4 Å². The lowest BCUT2D eigenvalue weighted by atomic mass is 9.91. The van der Waals surface area contributed by atoms with Gasteiger partial charge in [0.2, 0.25) is 0 Å². The first-order chi connectivity index (χ1) is 9.93. The summed E-state index contributed by atoms with van der Waals surface area (Å²) in [5, 5.41) is 10.6. The van der Waals surface area contributed by atoms with E-state index in [9.17, 15) is 14.5 Å². The SMILES string of the molecule is CCCOC1C(Cl)CC1Oc1cc(C)c([N+](=O)[O-])cc1F. The maximum atomic E-state index is 13.9. The summed E-state index contributed by atoms with van der Waals surface area (Å²) in [7, 11) is 0. The highest BCUT2D eigenvalue weighted by Crippen LogP contribution is 2.35. The molecule has 3 unspecified atom stereocenters. The van der Waals surface area contributed by atoms with Gasteiger partial charge in [0.15, 0.2) is 11.6 Å². The van der Waals surface area contributed by atoms with Gasteiger partial charge in [-0.25, -0.2) is 4.39 Å². The van der Waals surface area contributed by atoms with Gasteiger partial charge in [0.05, 0.1) is 16.4 Å². The van der Waals surface area contributed by atoms with Crippen molar-refractivity contribution in [2.24, 2.45) is 0 Å². The summed E-state index contributed by atoms with van der Waals surface area (Å²) in [4.78, 5) is 10.1. The number of hydrogen-bond donors (Lipinski definition) is 0. The molecule has 0 amide bonds. The highest BCUT2D eigenvalue weighted by molar-refractivity contribution is 6.21. The molecular formula is C14H17ClFNO4. The van der Waals surface area contributed by atoms with Crippen LogP contribution < -0.4 is 4.74 Å². The summed E-state index contributed by atoms with van der Waals surface area (Å²) >= 11 is 6.06. The molecule has 0 spiro atoms. The van der Waals surface area contributed by atoms with Gasteiger partial charge in [0.1, 0.15) is 12.2 Å². The minimum absolute atomic E-state index is 0.00300. The lowest BCUT2D eigenvalue weighted by Crippen LogP contribution is -2.52. The van der Waals surface area contributed by atoms with Crippen LogP contribution in [0.2, 0.25) is 0 Å². The van der Waals surface area contributed by atoms with Crippen LogP contribution in [0.4, 0.5) is 10.1 Å². The van der Waals surface area contributed by atoms with Gasteiger partial charge in [-0.1, -0.05) is 6.92 Å². The fraction of sp³-hybridized carbons (Fsp3) is 0.571. The average Bonchev–Trinajstić information content (AvgIpc) is 2.41. The Balaban J connectivity index is 2.09. The molecule has 1 aliphatic carbocycles. The van der Waals surface area contributed by atoms with Crippen LogP contribution in [0.1, 0.15) is 25.3 Å². The first-order valence-electron chi connectivity index (χ1n) is 6.81. The molecule has 1 aromatic rings. The number of aryl methyl sites for hydroxylation is 1. The molecule has 0 aromatic heterocycles. The van der Waals surface area contributed by atoms with Crippen molar-refractivity contribution in [3.63, 3.8) is 0 Å². The van der Waals surface area contributed by atoms with Gasteiger partial charge in [0.25, 0.3) is 5.69 Å². The van der Waals surface area contributed by atoms with E-state index in [2.05, 4.69) is 0 Å². The molecule has 116 valence electrons. The van der Waals surface area contributed by atoms with Gasteiger partial charge in [-0.3, -0.25) is 10.1 Å². The fourth-order valence-corrected chi connectivity index (χ4v) is 2.61. The Morgan fingerprint density at radius 1 is 1.52 bits per heavy atom. The largest absolute Gasteiger partial charge is 0.485 e. The normalized spacial score (nSPS) is 24.5. The van der Waals surface area contributed by atoms with Gasteiger partial charge >= 0.3 is 0 Å². The Bertz CT molecular complexity index is 540.